The number of benzene rings is 3. The zero-order chi connectivity index (χ0) is 29.4. The number of anilines is 2. The predicted octanol–water partition coefficient (Wildman–Crippen LogP) is 4.35. The second kappa shape index (κ2) is 11.1. The zero-order valence-electron chi connectivity index (χ0n) is 21.7. The molecule has 1 aliphatic carbocycles. The normalized spacial score (nSPS) is 18.3. The van der Waals surface area contributed by atoms with Crippen LogP contribution < -0.4 is 20.1 Å². The molecule has 0 bridgehead atoms. The largest absolute Gasteiger partial charge is 0.322 e. The monoisotopic (exact) mass is 596 g/mol. The van der Waals surface area contributed by atoms with Gasteiger partial charge in [-0.2, -0.15) is 8.42 Å². The lowest BCUT2D eigenvalue weighted by Crippen LogP contribution is -2.36. The molecule has 0 fully saturated rings. The van der Waals surface area contributed by atoms with E-state index < -0.39 is 33.3 Å². The topological polar surface area (TPSA) is 139 Å². The molecule has 1 spiro atoms. The van der Waals surface area contributed by atoms with Gasteiger partial charge in [-0.05, 0) is 85.2 Å². The number of nitrogens with two attached hydrogens (primary N) is 1. The van der Waals surface area contributed by atoms with Crippen molar-refractivity contribution in [3.05, 3.63) is 106 Å². The Hall–Kier alpha value is -4.06. The maximum atomic E-state index is 13.7. The van der Waals surface area contributed by atoms with Crippen LogP contribution in [0, 0.1) is 11.2 Å². The summed E-state index contributed by atoms with van der Waals surface area (Å²) >= 11 is 6.03. The molecule has 5 rings (SSSR count). The highest BCUT2D eigenvalue weighted by atomic mass is 35.5. The van der Waals surface area contributed by atoms with Gasteiger partial charge in [0.25, 0.3) is 27.9 Å². The van der Waals surface area contributed by atoms with E-state index in [1.807, 2.05) is 35.1 Å². The third-order valence-corrected chi connectivity index (χ3v) is 8.16. The highest BCUT2D eigenvalue weighted by molar-refractivity contribution is 7.87. The van der Waals surface area contributed by atoms with Crippen molar-refractivity contribution < 1.29 is 27.2 Å². The lowest BCUT2D eigenvalue weighted by atomic mass is 9.79. The second-order valence-corrected chi connectivity index (χ2v) is 11.9. The fourth-order valence-corrected chi connectivity index (χ4v) is 5.98. The number of halogens is 2. The summed E-state index contributed by atoms with van der Waals surface area (Å²) in [6.07, 6.45) is 3.97. The molecule has 0 saturated carbocycles. The quantitative estimate of drug-likeness (QED) is 0.402. The molecule has 1 aliphatic heterocycles. The van der Waals surface area contributed by atoms with Crippen LogP contribution in [0.5, 0.6) is 0 Å². The summed E-state index contributed by atoms with van der Waals surface area (Å²) in [6, 6.07) is 17.4. The first kappa shape index (κ1) is 28.5. The summed E-state index contributed by atoms with van der Waals surface area (Å²) < 4.78 is 38.1. The molecule has 3 aromatic carbocycles. The van der Waals surface area contributed by atoms with Crippen molar-refractivity contribution in [1.82, 2.24) is 4.72 Å². The van der Waals surface area contributed by atoms with Crippen molar-refractivity contribution in [3.8, 4) is 0 Å². The van der Waals surface area contributed by atoms with Crippen LogP contribution in [0.4, 0.5) is 15.8 Å². The van der Waals surface area contributed by atoms with Gasteiger partial charge in [0.05, 0.1) is 10.6 Å². The number of carbonyl (C=O) groups excluding carboxylic acids is 3. The van der Waals surface area contributed by atoms with E-state index in [1.165, 1.54) is 6.07 Å². The average molecular weight is 597 g/mol. The van der Waals surface area contributed by atoms with Gasteiger partial charge in [-0.15, -0.1) is 0 Å². The lowest BCUT2D eigenvalue weighted by molar-refractivity contribution is -0.115. The molecule has 0 radical (unpaired) electrons. The Kier molecular flexibility index (Phi) is 7.69. The predicted molar refractivity (Wildman–Crippen MR) is 153 cm³/mol. The number of hydrogen-bond donors (Lipinski definition) is 3. The van der Waals surface area contributed by atoms with E-state index in [1.54, 1.807) is 29.2 Å². The highest BCUT2D eigenvalue weighted by Gasteiger charge is 2.39. The molecule has 2 aliphatic rings. The van der Waals surface area contributed by atoms with Crippen molar-refractivity contribution in [2.75, 3.05) is 16.8 Å². The number of para-hydroxylation sites is 1. The minimum absolute atomic E-state index is 0.00632. The first-order valence-electron chi connectivity index (χ1n) is 12.8. The van der Waals surface area contributed by atoms with Crippen LogP contribution >= 0.6 is 11.6 Å². The molecule has 1 heterocycles. The Morgan fingerprint density at radius 2 is 1.71 bits per heavy atom. The number of nitrogens with zero attached hydrogens (tertiary/aromatic N) is 1. The number of fused-ring (bicyclic) bond motifs is 1. The van der Waals surface area contributed by atoms with Gasteiger partial charge >= 0.3 is 0 Å². The number of carbonyl (C=O) groups is 3. The molecule has 9 nitrogen and oxygen atoms in total. The third-order valence-electron chi connectivity index (χ3n) is 7.37. The first-order chi connectivity index (χ1) is 19.4. The van der Waals surface area contributed by atoms with Crippen LogP contribution in [0.15, 0.2) is 78.4 Å². The van der Waals surface area contributed by atoms with Gasteiger partial charge in [0.15, 0.2) is 0 Å². The summed E-state index contributed by atoms with van der Waals surface area (Å²) in [6.45, 7) is 0.368. The molecule has 4 N–H and O–H groups in total. The Balaban J connectivity index is 1.35. The molecular weight excluding hydrogens is 571 g/mol. The number of allylic oxidation sites excluding steroid dienone is 1. The van der Waals surface area contributed by atoms with Crippen LogP contribution in [0.25, 0.3) is 0 Å². The molecular formula is C29H26ClFN4O5S. The molecule has 3 amide bonds. The van der Waals surface area contributed by atoms with E-state index in [0.29, 0.717) is 49.1 Å². The van der Waals surface area contributed by atoms with Crippen molar-refractivity contribution in [2.24, 2.45) is 10.6 Å². The summed E-state index contributed by atoms with van der Waals surface area (Å²) in [5, 5.41) is 7.74. The van der Waals surface area contributed by atoms with Gasteiger partial charge in [-0.25, -0.2) is 14.3 Å². The molecule has 41 heavy (non-hydrogen) atoms. The van der Waals surface area contributed by atoms with Gasteiger partial charge in [-0.3, -0.25) is 14.4 Å². The number of rotatable bonds is 5. The maximum Gasteiger partial charge on any atom is 0.298 e. The van der Waals surface area contributed by atoms with Gasteiger partial charge in [0, 0.05) is 29.1 Å². The second-order valence-electron chi connectivity index (χ2n) is 10.2. The number of hydrogen-bond acceptors (Lipinski definition) is 5. The van der Waals surface area contributed by atoms with E-state index in [-0.39, 0.29) is 16.5 Å². The summed E-state index contributed by atoms with van der Waals surface area (Å²) in [4.78, 5) is 40.4. The average Bonchev–Trinajstić information content (AvgIpc) is 3.26. The van der Waals surface area contributed by atoms with E-state index in [4.69, 9.17) is 16.7 Å². The smallest absolute Gasteiger partial charge is 0.298 e. The molecule has 3 aromatic rings. The van der Waals surface area contributed by atoms with E-state index >= 15 is 0 Å². The molecule has 0 saturated heterocycles. The minimum Gasteiger partial charge on any atom is -0.322 e. The number of amides is 3. The highest BCUT2D eigenvalue weighted by Crippen LogP contribution is 2.46. The zero-order valence-corrected chi connectivity index (χ0v) is 23.3. The van der Waals surface area contributed by atoms with Gasteiger partial charge in [0.1, 0.15) is 5.82 Å². The van der Waals surface area contributed by atoms with Crippen LogP contribution in [0.3, 0.4) is 0 Å². The molecule has 12 heteroatoms. The molecule has 1 atom stereocenters. The Labute approximate surface area is 241 Å². The minimum atomic E-state index is -4.17. The van der Waals surface area contributed by atoms with Crippen molar-refractivity contribution in [1.29, 1.82) is 0 Å². The Bertz CT molecular complexity index is 1690. The van der Waals surface area contributed by atoms with E-state index in [2.05, 4.69) is 5.32 Å². The Morgan fingerprint density at radius 3 is 2.44 bits per heavy atom. The van der Waals surface area contributed by atoms with Gasteiger partial charge in [0.2, 0.25) is 0 Å². The van der Waals surface area contributed by atoms with Crippen molar-refractivity contribution in [3.63, 3.8) is 0 Å². The van der Waals surface area contributed by atoms with E-state index in [0.717, 1.165) is 23.4 Å². The summed E-state index contributed by atoms with van der Waals surface area (Å²) in [5.74, 6) is -2.14. The molecule has 0 aromatic heterocycles. The maximum absolute atomic E-state index is 13.7. The van der Waals surface area contributed by atoms with Crippen LogP contribution in [0.2, 0.25) is 5.02 Å². The molecule has 0 unspecified atom stereocenters. The van der Waals surface area contributed by atoms with Gasteiger partial charge in [-0.1, -0.05) is 35.9 Å². The van der Waals surface area contributed by atoms with Crippen LogP contribution in [0.1, 0.15) is 45.5 Å². The van der Waals surface area contributed by atoms with E-state index in [9.17, 15) is 27.2 Å². The van der Waals surface area contributed by atoms with Crippen molar-refractivity contribution >= 4 is 50.9 Å². The fraction of sp³-hybridized carbons (Fsp3) is 0.207. The SMILES string of the molecule is NS(=O)(=O)NC(=O)C1=C[C@@]2(CC1)CCN(C(=O)c1ccc(NC(=O)c3cc(F)ccc3Cl)cc1)c1ccccc1C2. The first-order valence-corrected chi connectivity index (χ1v) is 14.7. The summed E-state index contributed by atoms with van der Waals surface area (Å²) in [5.41, 5.74) is 2.41. The summed E-state index contributed by atoms with van der Waals surface area (Å²) in [7, 11) is -4.17. The molecule has 212 valence electrons. The van der Waals surface area contributed by atoms with Crippen molar-refractivity contribution in [2.45, 2.75) is 25.7 Å². The fourth-order valence-electron chi connectivity index (χ4n) is 5.39. The van der Waals surface area contributed by atoms with Crippen LogP contribution in [-0.2, 0) is 21.4 Å². The van der Waals surface area contributed by atoms with Gasteiger partial charge < -0.3 is 10.2 Å². The number of nitrogens with one attached hydrogen (secondary N) is 2. The lowest BCUT2D eigenvalue weighted by Gasteiger charge is -2.26. The Morgan fingerprint density at radius 1 is 0.976 bits per heavy atom. The van der Waals surface area contributed by atoms with Crippen LogP contribution in [-0.4, -0.2) is 32.7 Å². The third kappa shape index (κ3) is 6.32. The standard InChI is InChI=1S/C29H26ClFN4O5S/c30-24-10-7-21(31)15-23(24)27(37)33-22-8-5-18(6-9-22)28(38)35-14-13-29(16-19-3-1-2-4-25(19)35)12-11-20(17-29)26(36)34-41(32,39)40/h1-10,15,17H,11-14,16H2,(H,33,37)(H,34,36)(H2,32,39,40)/t29-/m0/s1.